The van der Waals surface area contributed by atoms with Crippen LogP contribution in [0.3, 0.4) is 0 Å². The van der Waals surface area contributed by atoms with Crippen LogP contribution in [0.15, 0.2) is 65.7 Å². The first-order chi connectivity index (χ1) is 12.8. The molecule has 26 heavy (non-hydrogen) atoms. The van der Waals surface area contributed by atoms with Crippen LogP contribution in [0.2, 0.25) is 0 Å². The van der Waals surface area contributed by atoms with Crippen LogP contribution in [0.4, 0.5) is 0 Å². The summed E-state index contributed by atoms with van der Waals surface area (Å²) in [5.41, 5.74) is 6.16. The Morgan fingerprint density at radius 3 is 2.69 bits per heavy atom. The number of nitrogens with zero attached hydrogens (tertiary/aromatic N) is 3. The SMILES string of the molecule is O=C(NCCc1cscn1)c1ccc(-c2nccc3ncccc23)cc1. The second-order valence-electron chi connectivity index (χ2n) is 5.79. The van der Waals surface area contributed by atoms with Crippen molar-refractivity contribution in [2.24, 2.45) is 0 Å². The zero-order valence-electron chi connectivity index (χ0n) is 13.9. The van der Waals surface area contributed by atoms with Gasteiger partial charge in [-0.1, -0.05) is 12.1 Å². The molecule has 0 spiro atoms. The van der Waals surface area contributed by atoms with Crippen LogP contribution in [-0.4, -0.2) is 27.4 Å². The third kappa shape index (κ3) is 3.45. The minimum atomic E-state index is -0.0840. The van der Waals surface area contributed by atoms with E-state index in [9.17, 15) is 4.79 Å². The van der Waals surface area contributed by atoms with Crippen molar-refractivity contribution in [3.63, 3.8) is 0 Å². The maximum atomic E-state index is 12.3. The molecule has 1 aromatic carbocycles. The van der Waals surface area contributed by atoms with E-state index < -0.39 is 0 Å². The molecule has 6 heteroatoms. The minimum Gasteiger partial charge on any atom is -0.352 e. The molecule has 0 aliphatic rings. The Hall–Kier alpha value is -3.12. The lowest BCUT2D eigenvalue weighted by molar-refractivity contribution is 0.0954. The molecule has 0 aliphatic carbocycles. The van der Waals surface area contributed by atoms with Crippen LogP contribution < -0.4 is 5.32 Å². The van der Waals surface area contributed by atoms with E-state index in [0.717, 1.165) is 34.3 Å². The molecule has 1 N–H and O–H groups in total. The molecule has 4 aromatic rings. The first-order valence-electron chi connectivity index (χ1n) is 8.27. The fourth-order valence-electron chi connectivity index (χ4n) is 2.78. The number of hydrogen-bond acceptors (Lipinski definition) is 5. The average molecular weight is 360 g/mol. The van der Waals surface area contributed by atoms with Crippen LogP contribution in [0.1, 0.15) is 16.1 Å². The summed E-state index contributed by atoms with van der Waals surface area (Å²) in [5, 5.41) is 5.92. The molecule has 0 saturated carbocycles. The highest BCUT2D eigenvalue weighted by atomic mass is 32.1. The summed E-state index contributed by atoms with van der Waals surface area (Å²) in [6, 6.07) is 13.3. The topological polar surface area (TPSA) is 67.8 Å². The van der Waals surface area contributed by atoms with Gasteiger partial charge in [0.2, 0.25) is 0 Å². The molecular weight excluding hydrogens is 344 g/mol. The number of carbonyl (C=O) groups is 1. The highest BCUT2D eigenvalue weighted by Crippen LogP contribution is 2.25. The van der Waals surface area contributed by atoms with E-state index in [2.05, 4.69) is 20.3 Å². The molecule has 0 unspecified atom stereocenters. The number of fused-ring (bicyclic) bond motifs is 1. The van der Waals surface area contributed by atoms with Crippen molar-refractivity contribution in [1.82, 2.24) is 20.3 Å². The molecule has 5 nitrogen and oxygen atoms in total. The van der Waals surface area contributed by atoms with Gasteiger partial charge in [-0.15, -0.1) is 11.3 Å². The molecule has 1 amide bonds. The monoisotopic (exact) mass is 360 g/mol. The molecule has 0 radical (unpaired) electrons. The van der Waals surface area contributed by atoms with Crippen molar-refractivity contribution in [1.29, 1.82) is 0 Å². The normalized spacial score (nSPS) is 10.8. The Balaban J connectivity index is 1.48. The van der Waals surface area contributed by atoms with E-state index in [1.807, 2.05) is 47.8 Å². The zero-order valence-corrected chi connectivity index (χ0v) is 14.7. The lowest BCUT2D eigenvalue weighted by Gasteiger charge is -2.07. The molecular formula is C20H16N4OS. The van der Waals surface area contributed by atoms with E-state index in [4.69, 9.17) is 0 Å². The van der Waals surface area contributed by atoms with Crippen molar-refractivity contribution in [2.75, 3.05) is 6.54 Å². The molecule has 3 aromatic heterocycles. The lowest BCUT2D eigenvalue weighted by Crippen LogP contribution is -2.25. The second kappa shape index (κ2) is 7.41. The van der Waals surface area contributed by atoms with Gasteiger partial charge in [-0.05, 0) is 30.3 Å². The van der Waals surface area contributed by atoms with Crippen LogP contribution in [0.5, 0.6) is 0 Å². The highest BCUT2D eigenvalue weighted by molar-refractivity contribution is 7.07. The first-order valence-corrected chi connectivity index (χ1v) is 9.21. The summed E-state index contributed by atoms with van der Waals surface area (Å²) in [7, 11) is 0. The zero-order chi connectivity index (χ0) is 17.8. The van der Waals surface area contributed by atoms with Gasteiger partial charge >= 0.3 is 0 Å². The van der Waals surface area contributed by atoms with Crippen LogP contribution in [0.25, 0.3) is 22.2 Å². The molecule has 3 heterocycles. The van der Waals surface area contributed by atoms with Gasteiger partial charge < -0.3 is 5.32 Å². The predicted octanol–water partition coefficient (Wildman–Crippen LogP) is 3.73. The quantitative estimate of drug-likeness (QED) is 0.589. The molecule has 0 fully saturated rings. The van der Waals surface area contributed by atoms with Crippen molar-refractivity contribution < 1.29 is 4.79 Å². The van der Waals surface area contributed by atoms with Gasteiger partial charge in [0.05, 0.1) is 22.4 Å². The van der Waals surface area contributed by atoms with E-state index in [1.54, 1.807) is 29.2 Å². The van der Waals surface area contributed by atoms with E-state index in [-0.39, 0.29) is 5.91 Å². The number of hydrogen-bond donors (Lipinski definition) is 1. The second-order valence-corrected chi connectivity index (χ2v) is 6.51. The maximum absolute atomic E-state index is 12.3. The number of pyridine rings is 2. The lowest BCUT2D eigenvalue weighted by atomic mass is 10.0. The van der Waals surface area contributed by atoms with E-state index in [0.29, 0.717) is 12.1 Å². The minimum absolute atomic E-state index is 0.0840. The standard InChI is InChI=1S/C20H16N4OS/c25-20(23-10-7-16-12-26-13-24-16)15-5-3-14(4-6-15)19-17-2-1-9-21-18(17)8-11-22-19/h1-6,8-9,11-13H,7,10H2,(H,23,25). The van der Waals surface area contributed by atoms with Crippen LogP contribution >= 0.6 is 11.3 Å². The smallest absolute Gasteiger partial charge is 0.251 e. The molecule has 0 bridgehead atoms. The first kappa shape index (κ1) is 16.4. The predicted molar refractivity (Wildman–Crippen MR) is 103 cm³/mol. The van der Waals surface area contributed by atoms with Gasteiger partial charge in [-0.25, -0.2) is 4.98 Å². The summed E-state index contributed by atoms with van der Waals surface area (Å²) in [6.45, 7) is 0.570. The number of amides is 1. The van der Waals surface area contributed by atoms with Gasteiger partial charge in [-0.2, -0.15) is 0 Å². The summed E-state index contributed by atoms with van der Waals surface area (Å²) in [5.74, 6) is -0.0840. The molecule has 4 rings (SSSR count). The van der Waals surface area contributed by atoms with Gasteiger partial charge in [-0.3, -0.25) is 14.8 Å². The summed E-state index contributed by atoms with van der Waals surface area (Å²) in [4.78, 5) is 25.3. The van der Waals surface area contributed by atoms with Crippen molar-refractivity contribution >= 4 is 28.1 Å². The molecule has 0 aliphatic heterocycles. The summed E-state index contributed by atoms with van der Waals surface area (Å²) < 4.78 is 0. The van der Waals surface area contributed by atoms with E-state index in [1.165, 1.54) is 0 Å². The van der Waals surface area contributed by atoms with Crippen LogP contribution in [-0.2, 0) is 6.42 Å². The average Bonchev–Trinajstić information content (AvgIpc) is 3.21. The van der Waals surface area contributed by atoms with Crippen molar-refractivity contribution in [3.05, 3.63) is 77.0 Å². The fraction of sp³-hybridized carbons (Fsp3) is 0.100. The number of rotatable bonds is 5. The van der Waals surface area contributed by atoms with Gasteiger partial charge in [0, 0.05) is 47.3 Å². The van der Waals surface area contributed by atoms with Gasteiger partial charge in [0.15, 0.2) is 0 Å². The maximum Gasteiger partial charge on any atom is 0.251 e. The Kier molecular flexibility index (Phi) is 4.66. The number of carbonyl (C=O) groups excluding carboxylic acids is 1. The highest BCUT2D eigenvalue weighted by Gasteiger charge is 2.09. The summed E-state index contributed by atoms with van der Waals surface area (Å²) in [6.07, 6.45) is 4.26. The van der Waals surface area contributed by atoms with Crippen molar-refractivity contribution in [2.45, 2.75) is 6.42 Å². The Morgan fingerprint density at radius 1 is 1.00 bits per heavy atom. The Morgan fingerprint density at radius 2 is 1.88 bits per heavy atom. The number of nitrogens with one attached hydrogen (secondary N) is 1. The van der Waals surface area contributed by atoms with Gasteiger partial charge in [0.1, 0.15) is 0 Å². The summed E-state index contributed by atoms with van der Waals surface area (Å²) >= 11 is 1.56. The van der Waals surface area contributed by atoms with E-state index >= 15 is 0 Å². The fourth-order valence-corrected chi connectivity index (χ4v) is 3.37. The molecule has 0 saturated heterocycles. The number of thiazole rings is 1. The third-order valence-corrected chi connectivity index (χ3v) is 4.74. The van der Waals surface area contributed by atoms with Crippen LogP contribution in [0, 0.1) is 0 Å². The third-order valence-electron chi connectivity index (χ3n) is 4.10. The van der Waals surface area contributed by atoms with Crippen molar-refractivity contribution in [3.8, 4) is 11.3 Å². The molecule has 0 atom stereocenters. The number of benzene rings is 1. The number of aromatic nitrogens is 3. The Labute approximate surface area is 154 Å². The molecule has 128 valence electrons. The Bertz CT molecular complexity index is 1020. The largest absolute Gasteiger partial charge is 0.352 e. The van der Waals surface area contributed by atoms with Gasteiger partial charge in [0.25, 0.3) is 5.91 Å².